The number of likely N-dealkylation sites (N-methyl/N-ethyl adjacent to an activating group) is 1. The first-order valence-electron chi connectivity index (χ1n) is 34.2. The fourth-order valence-electron chi connectivity index (χ4n) is 10.2. The summed E-state index contributed by atoms with van der Waals surface area (Å²) in [6.07, 6.45) is 74.3. The number of hydrogen-bond donors (Lipinski definition) is 1. The molecule has 9 heteroatoms. The monoisotopic (exact) mass is 1110 g/mol. The number of aliphatic carboxylic acids is 1. The van der Waals surface area contributed by atoms with Crippen LogP contribution in [-0.2, 0) is 33.3 Å². The normalized spacial score (nSPS) is 12.9. The SMILES string of the molecule is CC/C=C\C/C=C\C/C=C\CCCCCCCCCC(=O)OC(COC(=O)CCCCCCCCCCCCCCCCCCCCCCCCCCCCCCCCCCCCCCC)COC(OCC[N+](C)(C)C)C(=O)O. The van der Waals surface area contributed by atoms with Crippen LogP contribution in [0, 0.1) is 0 Å². The van der Waals surface area contributed by atoms with E-state index in [2.05, 4.69) is 50.3 Å². The first-order chi connectivity index (χ1) is 38.6. The Labute approximate surface area is 490 Å². The number of hydrogen-bond acceptors (Lipinski definition) is 7. The highest BCUT2D eigenvalue weighted by Crippen LogP contribution is 2.19. The third-order valence-electron chi connectivity index (χ3n) is 15.4. The Morgan fingerprint density at radius 3 is 1.08 bits per heavy atom. The van der Waals surface area contributed by atoms with Gasteiger partial charge in [0.05, 0.1) is 34.4 Å². The molecule has 0 saturated carbocycles. The number of ether oxygens (including phenoxy) is 4. The van der Waals surface area contributed by atoms with Gasteiger partial charge in [0.25, 0.3) is 6.29 Å². The number of carboxylic acid groups (broad SMARTS) is 1. The molecule has 0 aliphatic carbocycles. The smallest absolute Gasteiger partial charge is 0.361 e. The van der Waals surface area contributed by atoms with Gasteiger partial charge in [-0.15, -0.1) is 0 Å². The predicted molar refractivity (Wildman–Crippen MR) is 337 cm³/mol. The van der Waals surface area contributed by atoms with E-state index in [1.54, 1.807) is 0 Å². The van der Waals surface area contributed by atoms with Crippen LogP contribution in [0.15, 0.2) is 36.5 Å². The maximum Gasteiger partial charge on any atom is 0.361 e. The molecule has 0 aliphatic heterocycles. The molecule has 0 rings (SSSR count). The lowest BCUT2D eigenvalue weighted by Gasteiger charge is -2.25. The zero-order valence-electron chi connectivity index (χ0n) is 53.1. The number of carboxylic acids is 1. The van der Waals surface area contributed by atoms with Crippen molar-refractivity contribution in [2.45, 2.75) is 347 Å². The number of nitrogens with zero attached hydrogens (tertiary/aromatic N) is 1. The summed E-state index contributed by atoms with van der Waals surface area (Å²) in [6.45, 7) is 4.80. The fraction of sp³-hybridized carbons (Fsp3) is 0.871. The second kappa shape index (κ2) is 61.6. The molecule has 79 heavy (non-hydrogen) atoms. The third kappa shape index (κ3) is 63.0. The predicted octanol–water partition coefficient (Wildman–Crippen LogP) is 20.8. The number of carbonyl (C=O) groups excluding carboxylic acids is 2. The van der Waals surface area contributed by atoms with Crippen LogP contribution in [0.4, 0.5) is 0 Å². The molecule has 0 heterocycles. The summed E-state index contributed by atoms with van der Waals surface area (Å²) in [4.78, 5) is 37.5. The fourth-order valence-corrected chi connectivity index (χ4v) is 10.2. The van der Waals surface area contributed by atoms with E-state index < -0.39 is 24.3 Å². The first kappa shape index (κ1) is 76.5. The summed E-state index contributed by atoms with van der Waals surface area (Å²) in [5.41, 5.74) is 0. The molecule has 0 aromatic carbocycles. The van der Waals surface area contributed by atoms with E-state index in [1.165, 1.54) is 238 Å². The highest BCUT2D eigenvalue weighted by Gasteiger charge is 2.25. The summed E-state index contributed by atoms with van der Waals surface area (Å²) in [5.74, 6) is -2.00. The van der Waals surface area contributed by atoms with E-state index in [0.717, 1.165) is 64.2 Å². The molecule has 0 amide bonds. The summed E-state index contributed by atoms with van der Waals surface area (Å²) < 4.78 is 22.9. The van der Waals surface area contributed by atoms with Gasteiger partial charge >= 0.3 is 17.9 Å². The van der Waals surface area contributed by atoms with Gasteiger partial charge in [-0.25, -0.2) is 4.79 Å². The molecule has 0 saturated heterocycles. The molecule has 9 nitrogen and oxygen atoms in total. The third-order valence-corrected chi connectivity index (χ3v) is 15.4. The van der Waals surface area contributed by atoms with Crippen LogP contribution < -0.4 is 0 Å². The molecule has 0 radical (unpaired) electrons. The van der Waals surface area contributed by atoms with E-state index in [-0.39, 0.29) is 32.2 Å². The van der Waals surface area contributed by atoms with Crippen LogP contribution in [0.25, 0.3) is 0 Å². The molecular weight excluding hydrogens is 983 g/mol. The molecule has 2 atom stereocenters. The largest absolute Gasteiger partial charge is 0.477 e. The number of carbonyl (C=O) groups is 3. The van der Waals surface area contributed by atoms with Crippen molar-refractivity contribution < 1.29 is 42.9 Å². The van der Waals surface area contributed by atoms with Gasteiger partial charge in [-0.1, -0.05) is 314 Å². The van der Waals surface area contributed by atoms with E-state index in [9.17, 15) is 19.5 Å². The Bertz CT molecular complexity index is 1390. The topological polar surface area (TPSA) is 108 Å². The van der Waals surface area contributed by atoms with E-state index in [0.29, 0.717) is 23.9 Å². The zero-order valence-corrected chi connectivity index (χ0v) is 53.1. The van der Waals surface area contributed by atoms with Gasteiger partial charge in [-0.3, -0.25) is 9.59 Å². The molecule has 0 aromatic rings. The zero-order chi connectivity index (χ0) is 57.6. The van der Waals surface area contributed by atoms with E-state index >= 15 is 0 Å². The summed E-state index contributed by atoms with van der Waals surface area (Å²) in [6, 6.07) is 0. The Balaban J connectivity index is 3.95. The van der Waals surface area contributed by atoms with Gasteiger partial charge in [-0.05, 0) is 44.9 Å². The standard InChI is InChI=1S/C70H131NO8/c1-6-8-10-12-14-16-18-20-22-24-25-26-27-28-29-30-31-32-33-34-35-36-37-38-39-40-41-42-43-45-46-48-50-52-54-56-58-60-67(72)77-64-66(65-78-70(69(74)75)76-63-62-71(3,4)5)79-68(73)61-59-57-55-53-51-49-47-44-23-21-19-17-15-13-11-9-7-2/h9,11,15,17,21,23,66,70H,6-8,10,12-14,16,18-20,22,24-65H2,1-5H3/p+1/b11-9-,17-15-,23-21-. The molecule has 2 unspecified atom stereocenters. The minimum absolute atomic E-state index is 0.182. The van der Waals surface area contributed by atoms with Crippen LogP contribution in [-0.4, -0.2) is 87.4 Å². The van der Waals surface area contributed by atoms with Crippen LogP contribution in [0.1, 0.15) is 335 Å². The van der Waals surface area contributed by atoms with Crippen molar-refractivity contribution >= 4 is 17.9 Å². The van der Waals surface area contributed by atoms with Gasteiger partial charge in [0, 0.05) is 12.8 Å². The summed E-state index contributed by atoms with van der Waals surface area (Å²) in [5, 5.41) is 9.72. The van der Waals surface area contributed by atoms with E-state index in [4.69, 9.17) is 18.9 Å². The van der Waals surface area contributed by atoms with Crippen LogP contribution in [0.3, 0.4) is 0 Å². The second-order valence-electron chi connectivity index (χ2n) is 24.5. The molecule has 0 fully saturated rings. The Hall–Kier alpha value is -2.49. The molecule has 464 valence electrons. The molecule has 0 aliphatic rings. The van der Waals surface area contributed by atoms with Crippen molar-refractivity contribution in [3.8, 4) is 0 Å². The maximum atomic E-state index is 12.9. The van der Waals surface area contributed by atoms with Crippen molar-refractivity contribution in [2.75, 3.05) is 47.5 Å². The Morgan fingerprint density at radius 2 is 0.722 bits per heavy atom. The van der Waals surface area contributed by atoms with Crippen LogP contribution in [0.5, 0.6) is 0 Å². The number of rotatable bonds is 64. The van der Waals surface area contributed by atoms with Crippen molar-refractivity contribution in [1.82, 2.24) is 0 Å². The maximum absolute atomic E-state index is 12.9. The lowest BCUT2D eigenvalue weighted by atomic mass is 10.0. The van der Waals surface area contributed by atoms with Crippen LogP contribution in [0.2, 0.25) is 0 Å². The van der Waals surface area contributed by atoms with Gasteiger partial charge in [-0.2, -0.15) is 0 Å². The lowest BCUT2D eigenvalue weighted by molar-refractivity contribution is -0.870. The number of unbranched alkanes of at least 4 members (excludes halogenated alkanes) is 43. The van der Waals surface area contributed by atoms with Gasteiger partial charge in [0.15, 0.2) is 6.10 Å². The number of esters is 2. The molecular formula is C70H132NO8+. The minimum atomic E-state index is -1.51. The van der Waals surface area contributed by atoms with Gasteiger partial charge in [0.2, 0.25) is 0 Å². The Morgan fingerprint density at radius 1 is 0.392 bits per heavy atom. The molecule has 0 aromatic heterocycles. The quantitative estimate of drug-likeness (QED) is 0.0211. The number of quaternary nitrogens is 1. The average molecular weight is 1120 g/mol. The molecule has 1 N–H and O–H groups in total. The van der Waals surface area contributed by atoms with Crippen LogP contribution >= 0.6 is 0 Å². The summed E-state index contributed by atoms with van der Waals surface area (Å²) in [7, 11) is 5.98. The highest BCUT2D eigenvalue weighted by molar-refractivity contribution is 5.71. The van der Waals surface area contributed by atoms with E-state index in [1.807, 2.05) is 21.1 Å². The van der Waals surface area contributed by atoms with Crippen molar-refractivity contribution in [3.05, 3.63) is 36.5 Å². The van der Waals surface area contributed by atoms with Crippen molar-refractivity contribution in [2.24, 2.45) is 0 Å². The Kier molecular flexibility index (Phi) is 59.6. The second-order valence-corrected chi connectivity index (χ2v) is 24.5. The number of allylic oxidation sites excluding steroid dienone is 6. The minimum Gasteiger partial charge on any atom is -0.477 e. The van der Waals surface area contributed by atoms with Crippen molar-refractivity contribution in [1.29, 1.82) is 0 Å². The summed E-state index contributed by atoms with van der Waals surface area (Å²) >= 11 is 0. The van der Waals surface area contributed by atoms with Crippen molar-refractivity contribution in [3.63, 3.8) is 0 Å². The first-order valence-corrected chi connectivity index (χ1v) is 34.2. The van der Waals surface area contributed by atoms with Gasteiger partial charge in [0.1, 0.15) is 13.2 Å². The highest BCUT2D eigenvalue weighted by atomic mass is 16.7. The average Bonchev–Trinajstić information content (AvgIpc) is 3.42. The van der Waals surface area contributed by atoms with Gasteiger partial charge < -0.3 is 28.5 Å². The lowest BCUT2D eigenvalue weighted by Crippen LogP contribution is -2.40. The molecule has 0 bridgehead atoms. The molecule has 0 spiro atoms.